The summed E-state index contributed by atoms with van der Waals surface area (Å²) in [4.78, 5) is 37.4. The average molecular weight is 430 g/mol. The lowest BCUT2D eigenvalue weighted by atomic mass is 10.1. The molecule has 2 amide bonds. The molecule has 0 bridgehead atoms. The molecule has 31 heavy (non-hydrogen) atoms. The SMILES string of the molecule is Nc1ccc(C(=O)NCC(=O)Nc2nc(-c3cccc(-c4ccncc4)n3)cs2)cc1. The van der Waals surface area contributed by atoms with Gasteiger partial charge in [-0.3, -0.25) is 14.6 Å². The van der Waals surface area contributed by atoms with Gasteiger partial charge < -0.3 is 16.4 Å². The molecule has 0 unspecified atom stereocenters. The first-order valence-electron chi connectivity index (χ1n) is 9.35. The highest BCUT2D eigenvalue weighted by Gasteiger charge is 2.12. The molecule has 1 aromatic carbocycles. The molecule has 0 radical (unpaired) electrons. The number of benzene rings is 1. The predicted octanol–water partition coefficient (Wildman–Crippen LogP) is 3.22. The molecule has 0 atom stereocenters. The number of carbonyl (C=O) groups excluding carboxylic acids is 2. The minimum atomic E-state index is -0.372. The smallest absolute Gasteiger partial charge is 0.251 e. The summed E-state index contributed by atoms with van der Waals surface area (Å²) < 4.78 is 0. The second-order valence-electron chi connectivity index (χ2n) is 6.53. The Morgan fingerprint density at radius 3 is 2.42 bits per heavy atom. The Kier molecular flexibility index (Phi) is 5.95. The fraction of sp³-hybridized carbons (Fsp3) is 0.0455. The van der Waals surface area contributed by atoms with Gasteiger partial charge in [-0.2, -0.15) is 0 Å². The van der Waals surface area contributed by atoms with Gasteiger partial charge in [0.25, 0.3) is 5.91 Å². The topological polar surface area (TPSA) is 123 Å². The summed E-state index contributed by atoms with van der Waals surface area (Å²) in [5.74, 6) is -0.727. The summed E-state index contributed by atoms with van der Waals surface area (Å²) >= 11 is 1.29. The van der Waals surface area contributed by atoms with Gasteiger partial charge in [0.15, 0.2) is 5.13 Å². The van der Waals surface area contributed by atoms with Gasteiger partial charge in [-0.1, -0.05) is 6.07 Å². The molecule has 0 saturated heterocycles. The number of carbonyl (C=O) groups is 2. The average Bonchev–Trinajstić information content (AvgIpc) is 3.27. The van der Waals surface area contributed by atoms with Crippen molar-refractivity contribution < 1.29 is 9.59 Å². The lowest BCUT2D eigenvalue weighted by molar-refractivity contribution is -0.115. The summed E-state index contributed by atoms with van der Waals surface area (Å²) in [7, 11) is 0. The molecule has 4 rings (SSSR count). The Bertz CT molecular complexity index is 1210. The van der Waals surface area contributed by atoms with Crippen LogP contribution in [0, 0.1) is 0 Å². The van der Waals surface area contributed by atoms with Crippen LogP contribution in [0.3, 0.4) is 0 Å². The zero-order chi connectivity index (χ0) is 21.6. The number of pyridine rings is 2. The van der Waals surface area contributed by atoms with Crippen molar-refractivity contribution in [2.45, 2.75) is 0 Å². The van der Waals surface area contributed by atoms with Crippen LogP contribution in [-0.2, 0) is 4.79 Å². The van der Waals surface area contributed by atoms with E-state index in [9.17, 15) is 9.59 Å². The van der Waals surface area contributed by atoms with E-state index in [2.05, 4.69) is 25.6 Å². The van der Waals surface area contributed by atoms with Crippen LogP contribution in [0.5, 0.6) is 0 Å². The van der Waals surface area contributed by atoms with Gasteiger partial charge in [-0.15, -0.1) is 11.3 Å². The van der Waals surface area contributed by atoms with Crippen LogP contribution in [0.4, 0.5) is 10.8 Å². The van der Waals surface area contributed by atoms with Crippen molar-refractivity contribution in [3.63, 3.8) is 0 Å². The van der Waals surface area contributed by atoms with E-state index in [1.807, 2.05) is 35.7 Å². The number of hydrogen-bond donors (Lipinski definition) is 3. The molecule has 0 fully saturated rings. The van der Waals surface area contributed by atoms with Crippen LogP contribution in [-0.4, -0.2) is 33.3 Å². The summed E-state index contributed by atoms with van der Waals surface area (Å²) in [5.41, 5.74) is 9.72. The van der Waals surface area contributed by atoms with Crippen LogP contribution in [0.25, 0.3) is 22.6 Å². The standard InChI is InChI=1S/C22H18N6O2S/c23-16-6-4-15(5-7-16)21(30)25-12-20(29)28-22-27-19(13-31-22)18-3-1-2-17(26-18)14-8-10-24-11-9-14/h1-11,13H,12,23H2,(H,25,30)(H,27,28,29). The van der Waals surface area contributed by atoms with Crippen molar-refractivity contribution in [3.8, 4) is 22.6 Å². The number of nitrogens with two attached hydrogens (primary N) is 1. The first kappa shape index (κ1) is 20.2. The minimum absolute atomic E-state index is 0.173. The number of nitrogens with one attached hydrogen (secondary N) is 2. The van der Waals surface area contributed by atoms with E-state index in [0.717, 1.165) is 11.3 Å². The van der Waals surface area contributed by atoms with Gasteiger partial charge in [-0.25, -0.2) is 9.97 Å². The zero-order valence-corrected chi connectivity index (χ0v) is 17.1. The molecule has 3 aromatic heterocycles. The largest absolute Gasteiger partial charge is 0.399 e. The second-order valence-corrected chi connectivity index (χ2v) is 7.39. The third kappa shape index (κ3) is 5.09. The molecule has 0 saturated carbocycles. The van der Waals surface area contributed by atoms with Crippen molar-refractivity contribution in [1.82, 2.24) is 20.3 Å². The highest BCUT2D eigenvalue weighted by Crippen LogP contribution is 2.25. The molecule has 0 spiro atoms. The number of rotatable bonds is 6. The highest BCUT2D eigenvalue weighted by molar-refractivity contribution is 7.14. The monoisotopic (exact) mass is 430 g/mol. The molecular formula is C22H18N6O2S. The van der Waals surface area contributed by atoms with Gasteiger partial charge in [0.05, 0.1) is 17.9 Å². The first-order valence-corrected chi connectivity index (χ1v) is 10.2. The lowest BCUT2D eigenvalue weighted by Crippen LogP contribution is -2.32. The number of nitrogens with zero attached hydrogens (tertiary/aromatic N) is 3. The van der Waals surface area contributed by atoms with Gasteiger partial charge in [-0.05, 0) is 48.5 Å². The number of aromatic nitrogens is 3. The number of amides is 2. The minimum Gasteiger partial charge on any atom is -0.399 e. The first-order chi connectivity index (χ1) is 15.1. The van der Waals surface area contributed by atoms with Crippen LogP contribution < -0.4 is 16.4 Å². The fourth-order valence-electron chi connectivity index (χ4n) is 2.77. The van der Waals surface area contributed by atoms with Crippen molar-refractivity contribution in [2.24, 2.45) is 0 Å². The Morgan fingerprint density at radius 2 is 1.65 bits per heavy atom. The molecule has 9 heteroatoms. The van der Waals surface area contributed by atoms with E-state index in [0.29, 0.717) is 27.8 Å². The van der Waals surface area contributed by atoms with Crippen LogP contribution in [0.2, 0.25) is 0 Å². The van der Waals surface area contributed by atoms with Crippen molar-refractivity contribution in [3.05, 3.63) is 77.9 Å². The zero-order valence-electron chi connectivity index (χ0n) is 16.3. The van der Waals surface area contributed by atoms with Gasteiger partial charge in [0, 0.05) is 34.6 Å². The Hall–Kier alpha value is -4.11. The Labute approximate surface area is 182 Å². The van der Waals surface area contributed by atoms with E-state index < -0.39 is 0 Å². The van der Waals surface area contributed by atoms with Crippen LogP contribution in [0.15, 0.2) is 72.4 Å². The highest BCUT2D eigenvalue weighted by atomic mass is 32.1. The quantitative estimate of drug-likeness (QED) is 0.404. The fourth-order valence-corrected chi connectivity index (χ4v) is 3.49. The Balaban J connectivity index is 1.37. The molecular weight excluding hydrogens is 412 g/mol. The molecule has 0 aliphatic carbocycles. The van der Waals surface area contributed by atoms with E-state index in [-0.39, 0.29) is 18.4 Å². The summed E-state index contributed by atoms with van der Waals surface area (Å²) in [6.45, 7) is -0.173. The van der Waals surface area contributed by atoms with E-state index in [4.69, 9.17) is 5.73 Å². The molecule has 0 aliphatic heterocycles. The summed E-state index contributed by atoms with van der Waals surface area (Å²) in [6, 6.07) is 15.9. The molecule has 8 nitrogen and oxygen atoms in total. The maximum Gasteiger partial charge on any atom is 0.251 e. The van der Waals surface area contributed by atoms with Gasteiger partial charge >= 0.3 is 0 Å². The van der Waals surface area contributed by atoms with Crippen LogP contribution >= 0.6 is 11.3 Å². The third-order valence-corrected chi connectivity index (χ3v) is 5.08. The van der Waals surface area contributed by atoms with Crippen LogP contribution in [0.1, 0.15) is 10.4 Å². The molecule has 0 aliphatic rings. The summed E-state index contributed by atoms with van der Waals surface area (Å²) in [5, 5.41) is 7.51. The maximum atomic E-state index is 12.2. The van der Waals surface area contributed by atoms with Gasteiger partial charge in [0.1, 0.15) is 5.69 Å². The summed E-state index contributed by atoms with van der Waals surface area (Å²) in [6.07, 6.45) is 3.43. The predicted molar refractivity (Wildman–Crippen MR) is 120 cm³/mol. The third-order valence-electron chi connectivity index (χ3n) is 4.32. The van der Waals surface area contributed by atoms with E-state index in [1.165, 1.54) is 11.3 Å². The van der Waals surface area contributed by atoms with Crippen molar-refractivity contribution >= 4 is 34.0 Å². The molecule has 4 N–H and O–H groups in total. The van der Waals surface area contributed by atoms with E-state index >= 15 is 0 Å². The number of hydrogen-bond acceptors (Lipinski definition) is 7. The maximum absolute atomic E-state index is 12.2. The normalized spacial score (nSPS) is 10.5. The molecule has 3 heterocycles. The second kappa shape index (κ2) is 9.14. The Morgan fingerprint density at radius 1 is 0.903 bits per heavy atom. The number of thiazole rings is 1. The number of nitrogen functional groups attached to an aromatic ring is 1. The molecule has 4 aromatic rings. The molecule has 154 valence electrons. The lowest BCUT2D eigenvalue weighted by Gasteiger charge is -2.05. The van der Waals surface area contributed by atoms with E-state index in [1.54, 1.807) is 36.7 Å². The van der Waals surface area contributed by atoms with Crippen molar-refractivity contribution in [2.75, 3.05) is 17.6 Å². The van der Waals surface area contributed by atoms with Gasteiger partial charge in [0.2, 0.25) is 5.91 Å². The van der Waals surface area contributed by atoms with Crippen molar-refractivity contribution in [1.29, 1.82) is 0 Å². The number of anilines is 2.